The van der Waals surface area contributed by atoms with Gasteiger partial charge in [-0.1, -0.05) is 30.0 Å². The Balaban J connectivity index is 1.77. The number of benzene rings is 1. The number of likely N-dealkylation sites (N-methyl/N-ethyl adjacent to an activating group) is 2. The molecule has 2 aromatic heterocycles. The Morgan fingerprint density at radius 2 is 2.04 bits per heavy atom. The fourth-order valence-electron chi connectivity index (χ4n) is 2.79. The minimum absolute atomic E-state index is 0.0255. The van der Waals surface area contributed by atoms with E-state index in [-0.39, 0.29) is 5.91 Å². The number of hydrogen-bond donors (Lipinski definition) is 1. The number of rotatable bonds is 7. The Kier molecular flexibility index (Phi) is 6.08. The van der Waals surface area contributed by atoms with Gasteiger partial charge in [-0.3, -0.25) is 4.79 Å². The van der Waals surface area contributed by atoms with E-state index in [4.69, 9.17) is 0 Å². The zero-order chi connectivity index (χ0) is 19.4. The van der Waals surface area contributed by atoms with Crippen LogP contribution in [0.4, 0.5) is 0 Å². The van der Waals surface area contributed by atoms with E-state index < -0.39 is 0 Å². The first-order valence-electron chi connectivity index (χ1n) is 8.81. The second kappa shape index (κ2) is 8.49. The van der Waals surface area contributed by atoms with E-state index in [0.29, 0.717) is 23.2 Å². The third-order valence-electron chi connectivity index (χ3n) is 4.25. The van der Waals surface area contributed by atoms with E-state index >= 15 is 0 Å². The summed E-state index contributed by atoms with van der Waals surface area (Å²) in [6, 6.07) is 9.68. The van der Waals surface area contributed by atoms with Crippen molar-refractivity contribution in [2.45, 2.75) is 24.8 Å². The molecule has 0 unspecified atom stereocenters. The van der Waals surface area contributed by atoms with Gasteiger partial charge < -0.3 is 10.2 Å². The molecule has 0 atom stereocenters. The largest absolute Gasteiger partial charge is 0.340 e. The first-order chi connectivity index (χ1) is 13.0. The molecule has 0 saturated heterocycles. The molecule has 7 nitrogen and oxygen atoms in total. The van der Waals surface area contributed by atoms with Crippen molar-refractivity contribution in [3.8, 4) is 0 Å². The van der Waals surface area contributed by atoms with Gasteiger partial charge in [-0.2, -0.15) is 4.98 Å². The third kappa shape index (κ3) is 4.45. The maximum Gasteiger partial charge on any atom is 0.253 e. The van der Waals surface area contributed by atoms with Crippen LogP contribution in [-0.4, -0.2) is 57.6 Å². The van der Waals surface area contributed by atoms with Gasteiger partial charge in [-0.05, 0) is 38.6 Å². The Bertz CT molecular complexity index is 955. The lowest BCUT2D eigenvalue weighted by atomic mass is 10.1. The second-order valence-electron chi connectivity index (χ2n) is 6.42. The van der Waals surface area contributed by atoms with Gasteiger partial charge in [0.05, 0.1) is 0 Å². The Hall–Kier alpha value is -2.45. The van der Waals surface area contributed by atoms with Crippen molar-refractivity contribution in [2.24, 2.45) is 0 Å². The van der Waals surface area contributed by atoms with Crippen LogP contribution in [0.5, 0.6) is 0 Å². The molecular formula is C19H24N6OS. The van der Waals surface area contributed by atoms with Crippen LogP contribution in [-0.2, 0) is 5.75 Å². The predicted molar refractivity (Wildman–Crippen MR) is 107 cm³/mol. The lowest BCUT2D eigenvalue weighted by molar-refractivity contribution is 0.0796. The van der Waals surface area contributed by atoms with Crippen LogP contribution in [0.3, 0.4) is 0 Å². The highest BCUT2D eigenvalue weighted by Crippen LogP contribution is 2.23. The number of thioether (sulfide) groups is 1. The number of carbonyl (C=O) groups is 1. The average molecular weight is 385 g/mol. The summed E-state index contributed by atoms with van der Waals surface area (Å²) in [5.74, 6) is 1.25. The van der Waals surface area contributed by atoms with Crippen molar-refractivity contribution in [3.05, 3.63) is 52.8 Å². The van der Waals surface area contributed by atoms with Crippen LogP contribution in [0.2, 0.25) is 0 Å². The minimum atomic E-state index is 0.0255. The molecule has 8 heteroatoms. The quantitative estimate of drug-likeness (QED) is 0.630. The second-order valence-corrected chi connectivity index (χ2v) is 7.36. The number of aryl methyl sites for hydroxylation is 2. The molecule has 0 fully saturated rings. The smallest absolute Gasteiger partial charge is 0.253 e. The van der Waals surface area contributed by atoms with Crippen LogP contribution in [0.1, 0.15) is 27.3 Å². The number of aromatic nitrogens is 4. The molecule has 27 heavy (non-hydrogen) atoms. The summed E-state index contributed by atoms with van der Waals surface area (Å²) in [6.07, 6.45) is 0. The summed E-state index contributed by atoms with van der Waals surface area (Å²) in [4.78, 5) is 23.4. The lowest BCUT2D eigenvalue weighted by Gasteiger charge is -2.18. The van der Waals surface area contributed by atoms with E-state index in [1.54, 1.807) is 9.42 Å². The molecule has 0 saturated carbocycles. The molecule has 1 N–H and O–H groups in total. The molecule has 1 amide bonds. The maximum atomic E-state index is 12.7. The highest BCUT2D eigenvalue weighted by atomic mass is 32.2. The van der Waals surface area contributed by atoms with Crippen molar-refractivity contribution in [2.75, 3.05) is 27.2 Å². The summed E-state index contributed by atoms with van der Waals surface area (Å²) < 4.78 is 1.75. The number of nitrogens with zero attached hydrogens (tertiary/aromatic N) is 5. The molecule has 0 radical (unpaired) electrons. The lowest BCUT2D eigenvalue weighted by Crippen LogP contribution is -2.33. The van der Waals surface area contributed by atoms with E-state index in [0.717, 1.165) is 29.1 Å². The van der Waals surface area contributed by atoms with E-state index in [1.165, 1.54) is 11.8 Å². The minimum Gasteiger partial charge on any atom is -0.340 e. The molecule has 2 heterocycles. The fourth-order valence-corrected chi connectivity index (χ4v) is 3.61. The van der Waals surface area contributed by atoms with Crippen LogP contribution < -0.4 is 5.32 Å². The number of hydrogen-bond acceptors (Lipinski definition) is 6. The van der Waals surface area contributed by atoms with Crippen LogP contribution in [0.25, 0.3) is 5.78 Å². The van der Waals surface area contributed by atoms with Crippen molar-refractivity contribution in [1.82, 2.24) is 29.8 Å². The molecular weight excluding hydrogens is 360 g/mol. The van der Waals surface area contributed by atoms with E-state index in [1.807, 2.05) is 58.3 Å². The summed E-state index contributed by atoms with van der Waals surface area (Å²) in [7, 11) is 3.70. The maximum absolute atomic E-state index is 12.7. The van der Waals surface area contributed by atoms with E-state index in [2.05, 4.69) is 20.4 Å². The van der Waals surface area contributed by atoms with Gasteiger partial charge in [0.2, 0.25) is 5.16 Å². The summed E-state index contributed by atoms with van der Waals surface area (Å²) in [5, 5.41) is 8.24. The molecule has 3 rings (SSSR count). The Labute approximate surface area is 163 Å². The van der Waals surface area contributed by atoms with Crippen LogP contribution >= 0.6 is 11.8 Å². The van der Waals surface area contributed by atoms with Gasteiger partial charge in [0, 0.05) is 42.8 Å². The summed E-state index contributed by atoms with van der Waals surface area (Å²) in [6.45, 7) is 5.35. The van der Waals surface area contributed by atoms with Crippen molar-refractivity contribution in [1.29, 1.82) is 0 Å². The monoisotopic (exact) mass is 384 g/mol. The van der Waals surface area contributed by atoms with Gasteiger partial charge in [0.1, 0.15) is 0 Å². The topological polar surface area (TPSA) is 75.4 Å². The number of fused-ring (bicyclic) bond motifs is 1. The highest BCUT2D eigenvalue weighted by molar-refractivity contribution is 7.98. The zero-order valence-electron chi connectivity index (χ0n) is 16.1. The van der Waals surface area contributed by atoms with Crippen molar-refractivity contribution >= 4 is 23.4 Å². The Morgan fingerprint density at radius 3 is 2.81 bits per heavy atom. The molecule has 3 aromatic rings. The third-order valence-corrected chi connectivity index (χ3v) is 5.13. The standard InChI is InChI=1S/C19H24N6OS/c1-13-11-14(2)25-18(21-13)22-19(23-25)27-12-15-7-5-6-8-16(15)17(26)24(4)10-9-20-3/h5-8,11,20H,9-10,12H2,1-4H3. The molecule has 1 aromatic carbocycles. The average Bonchev–Trinajstić information content (AvgIpc) is 3.07. The van der Waals surface area contributed by atoms with Gasteiger partial charge >= 0.3 is 0 Å². The summed E-state index contributed by atoms with van der Waals surface area (Å²) in [5.41, 5.74) is 3.61. The molecule has 0 aliphatic rings. The SMILES string of the molecule is CNCCN(C)C(=O)c1ccccc1CSc1nc2nc(C)cc(C)n2n1. The zero-order valence-corrected chi connectivity index (χ0v) is 16.9. The Morgan fingerprint density at radius 1 is 1.26 bits per heavy atom. The van der Waals surface area contributed by atoms with Crippen LogP contribution in [0.15, 0.2) is 35.5 Å². The van der Waals surface area contributed by atoms with Gasteiger partial charge in [-0.25, -0.2) is 9.50 Å². The van der Waals surface area contributed by atoms with Gasteiger partial charge in [0.15, 0.2) is 0 Å². The predicted octanol–water partition coefficient (Wildman–Crippen LogP) is 2.32. The first-order valence-corrected chi connectivity index (χ1v) is 9.80. The van der Waals surface area contributed by atoms with Gasteiger partial charge in [-0.15, -0.1) is 5.10 Å². The molecule has 0 aliphatic carbocycles. The number of nitrogens with one attached hydrogen (secondary N) is 1. The fraction of sp³-hybridized carbons (Fsp3) is 0.368. The number of amides is 1. The van der Waals surface area contributed by atoms with Crippen LogP contribution in [0, 0.1) is 13.8 Å². The van der Waals surface area contributed by atoms with Gasteiger partial charge in [0.25, 0.3) is 11.7 Å². The van der Waals surface area contributed by atoms with Crippen molar-refractivity contribution in [3.63, 3.8) is 0 Å². The highest BCUT2D eigenvalue weighted by Gasteiger charge is 2.16. The number of carbonyl (C=O) groups excluding carboxylic acids is 1. The first kappa shape index (κ1) is 19.3. The summed E-state index contributed by atoms with van der Waals surface area (Å²) >= 11 is 1.51. The molecule has 0 aliphatic heterocycles. The van der Waals surface area contributed by atoms with E-state index in [9.17, 15) is 4.79 Å². The molecule has 0 spiro atoms. The van der Waals surface area contributed by atoms with Crippen molar-refractivity contribution < 1.29 is 4.79 Å². The molecule has 0 bridgehead atoms. The molecule has 142 valence electrons. The normalized spacial score (nSPS) is 11.1.